The maximum Gasteiger partial charge on any atom is 0.333 e. The molecule has 0 aliphatic rings. The van der Waals surface area contributed by atoms with Crippen LogP contribution in [0.5, 0.6) is 0 Å². The molecule has 0 unspecified atom stereocenters. The van der Waals surface area contributed by atoms with Gasteiger partial charge in [0.05, 0.1) is 31.6 Å². The van der Waals surface area contributed by atoms with Crippen molar-refractivity contribution in [2.45, 2.75) is 46.6 Å². The van der Waals surface area contributed by atoms with Gasteiger partial charge in [-0.05, 0) is 27.7 Å². The monoisotopic (exact) mass is 364 g/mol. The number of ether oxygens (including phenoxy) is 1. The van der Waals surface area contributed by atoms with Crippen LogP contribution in [0.15, 0.2) is 15.8 Å². The summed E-state index contributed by atoms with van der Waals surface area (Å²) in [7, 11) is -3.41. The van der Waals surface area contributed by atoms with Gasteiger partial charge in [0, 0.05) is 11.8 Å². The molecule has 0 spiro atoms. The Balaban J connectivity index is 2.87. The van der Waals surface area contributed by atoms with E-state index in [4.69, 9.17) is 13.8 Å². The lowest BCUT2D eigenvalue weighted by Crippen LogP contribution is -2.36. The molecular formula is C14H25N2O7P. The number of nitrogens with zero attached hydrogens (tertiary/aromatic N) is 1. The van der Waals surface area contributed by atoms with Crippen LogP contribution in [0.1, 0.15) is 26.3 Å². The molecule has 138 valence electrons. The summed E-state index contributed by atoms with van der Waals surface area (Å²) >= 11 is 0. The Morgan fingerprint density at radius 2 is 1.88 bits per heavy atom. The third kappa shape index (κ3) is 5.99. The summed E-state index contributed by atoms with van der Waals surface area (Å²) in [5, 5.41) is 9.86. The summed E-state index contributed by atoms with van der Waals surface area (Å²) < 4.78 is 29.6. The molecule has 2 N–H and O–H groups in total. The lowest BCUT2D eigenvalue weighted by molar-refractivity contribution is -0.0503. The maximum absolute atomic E-state index is 12.6. The fraction of sp³-hybridized carbons (Fsp3) is 0.714. The second kappa shape index (κ2) is 9.29. The van der Waals surface area contributed by atoms with Crippen LogP contribution in [0.2, 0.25) is 0 Å². The van der Waals surface area contributed by atoms with E-state index in [1.807, 2.05) is 0 Å². The molecule has 1 aromatic heterocycles. The van der Waals surface area contributed by atoms with Crippen molar-refractivity contribution in [3.8, 4) is 0 Å². The number of aromatic nitrogens is 2. The standard InChI is InChI=1S/C14H25N2O7P/c1-5-22-24(20,23-6-2)8-12(11(4)17)21-9-16-7-10(3)13(18)15-14(16)19/h7,11-12,17H,5-6,8-9H2,1-4H3,(H,15,18,19)/t11-,12+/m0/s1. The van der Waals surface area contributed by atoms with Crippen LogP contribution in [0, 0.1) is 6.92 Å². The molecule has 0 saturated heterocycles. The molecule has 0 radical (unpaired) electrons. The first-order chi connectivity index (χ1) is 11.2. The smallest absolute Gasteiger partial charge is 0.333 e. The Morgan fingerprint density at radius 1 is 1.29 bits per heavy atom. The highest BCUT2D eigenvalue weighted by Gasteiger charge is 2.31. The molecule has 0 aliphatic heterocycles. The van der Waals surface area contributed by atoms with E-state index in [1.165, 1.54) is 13.1 Å². The van der Waals surface area contributed by atoms with Gasteiger partial charge in [-0.2, -0.15) is 0 Å². The van der Waals surface area contributed by atoms with Crippen molar-refractivity contribution in [3.05, 3.63) is 32.6 Å². The van der Waals surface area contributed by atoms with Gasteiger partial charge in [-0.3, -0.25) is 18.9 Å². The highest BCUT2D eigenvalue weighted by atomic mass is 31.2. The van der Waals surface area contributed by atoms with E-state index in [1.54, 1.807) is 20.8 Å². The first-order valence-electron chi connectivity index (χ1n) is 7.70. The Kier molecular flexibility index (Phi) is 8.05. The van der Waals surface area contributed by atoms with Crippen LogP contribution in [0.4, 0.5) is 0 Å². The van der Waals surface area contributed by atoms with E-state index in [2.05, 4.69) is 4.98 Å². The van der Waals surface area contributed by atoms with E-state index in [0.29, 0.717) is 5.56 Å². The molecule has 1 rings (SSSR count). The third-order valence-electron chi connectivity index (χ3n) is 3.21. The lowest BCUT2D eigenvalue weighted by Gasteiger charge is -2.25. The van der Waals surface area contributed by atoms with Crippen LogP contribution in [0.3, 0.4) is 0 Å². The van der Waals surface area contributed by atoms with E-state index in [0.717, 1.165) is 4.57 Å². The Bertz CT molecular complexity index is 672. The predicted octanol–water partition coefficient (Wildman–Crippen LogP) is 0.835. The van der Waals surface area contributed by atoms with Gasteiger partial charge in [0.1, 0.15) is 6.73 Å². The molecule has 9 nitrogen and oxygen atoms in total. The maximum atomic E-state index is 12.6. The average molecular weight is 364 g/mol. The van der Waals surface area contributed by atoms with Crippen molar-refractivity contribution in [2.24, 2.45) is 0 Å². The van der Waals surface area contributed by atoms with Crippen LogP contribution in [-0.2, 0) is 25.1 Å². The van der Waals surface area contributed by atoms with Gasteiger partial charge in [-0.25, -0.2) is 4.79 Å². The SMILES string of the molecule is CCOP(=O)(C[C@@H](OCn1cc(C)c(=O)[nH]c1=O)[C@H](C)O)OCC. The first kappa shape index (κ1) is 20.8. The van der Waals surface area contributed by atoms with Crippen LogP contribution in [-0.4, -0.2) is 46.2 Å². The summed E-state index contributed by atoms with van der Waals surface area (Å²) in [5.41, 5.74) is -0.755. The second-order valence-electron chi connectivity index (χ2n) is 5.25. The molecule has 0 amide bonds. The molecule has 2 atom stereocenters. The van der Waals surface area contributed by atoms with Crippen molar-refractivity contribution in [1.82, 2.24) is 9.55 Å². The van der Waals surface area contributed by atoms with Crippen molar-refractivity contribution in [2.75, 3.05) is 19.4 Å². The quantitative estimate of drug-likeness (QED) is 0.590. The normalized spacial score (nSPS) is 14.5. The number of aliphatic hydroxyl groups is 1. The van der Waals surface area contributed by atoms with Crippen LogP contribution < -0.4 is 11.2 Å². The van der Waals surface area contributed by atoms with E-state index in [-0.39, 0.29) is 26.1 Å². The van der Waals surface area contributed by atoms with Crippen LogP contribution >= 0.6 is 7.60 Å². The Morgan fingerprint density at radius 3 is 2.38 bits per heavy atom. The number of hydrogen-bond acceptors (Lipinski definition) is 7. The number of aliphatic hydroxyl groups excluding tert-OH is 1. The molecule has 1 aromatic rings. The van der Waals surface area contributed by atoms with Gasteiger partial charge in [-0.1, -0.05) is 0 Å². The topological polar surface area (TPSA) is 120 Å². The van der Waals surface area contributed by atoms with Crippen molar-refractivity contribution in [1.29, 1.82) is 0 Å². The molecule has 0 fully saturated rings. The molecule has 0 aliphatic carbocycles. The summed E-state index contributed by atoms with van der Waals surface area (Å²) in [6, 6.07) is 0. The minimum absolute atomic E-state index is 0.149. The number of aromatic amines is 1. The van der Waals surface area contributed by atoms with E-state index < -0.39 is 31.1 Å². The first-order valence-corrected chi connectivity index (χ1v) is 9.43. The number of nitrogens with one attached hydrogen (secondary N) is 1. The fourth-order valence-corrected chi connectivity index (χ4v) is 3.91. The van der Waals surface area contributed by atoms with Gasteiger partial charge in [0.2, 0.25) is 0 Å². The zero-order valence-corrected chi connectivity index (χ0v) is 15.2. The van der Waals surface area contributed by atoms with E-state index >= 15 is 0 Å². The largest absolute Gasteiger partial charge is 0.391 e. The number of aryl methyl sites for hydroxylation is 1. The van der Waals surface area contributed by atoms with Gasteiger partial charge in [0.25, 0.3) is 5.56 Å². The fourth-order valence-electron chi connectivity index (χ4n) is 1.99. The average Bonchev–Trinajstić information content (AvgIpc) is 2.48. The predicted molar refractivity (Wildman–Crippen MR) is 88.3 cm³/mol. The highest BCUT2D eigenvalue weighted by Crippen LogP contribution is 2.49. The molecule has 0 saturated carbocycles. The van der Waals surface area contributed by atoms with E-state index in [9.17, 15) is 19.3 Å². The molecule has 1 heterocycles. The molecule has 0 aromatic carbocycles. The van der Waals surface area contributed by atoms with Gasteiger partial charge >= 0.3 is 13.3 Å². The second-order valence-corrected chi connectivity index (χ2v) is 7.35. The summed E-state index contributed by atoms with van der Waals surface area (Å²) in [4.78, 5) is 25.2. The van der Waals surface area contributed by atoms with Crippen LogP contribution in [0.25, 0.3) is 0 Å². The molecular weight excluding hydrogens is 339 g/mol. The minimum atomic E-state index is -3.41. The summed E-state index contributed by atoms with van der Waals surface area (Å²) in [5.74, 6) is 0. The highest BCUT2D eigenvalue weighted by molar-refractivity contribution is 7.53. The Labute approximate surface area is 140 Å². The van der Waals surface area contributed by atoms with Gasteiger partial charge in [0.15, 0.2) is 0 Å². The van der Waals surface area contributed by atoms with Crippen molar-refractivity contribution < 1.29 is 23.5 Å². The number of H-pyrrole nitrogens is 1. The Hall–Kier alpha value is -1.25. The number of rotatable bonds is 10. The summed E-state index contributed by atoms with van der Waals surface area (Å²) in [6.45, 7) is 6.58. The number of hydrogen-bond donors (Lipinski definition) is 2. The molecule has 10 heteroatoms. The zero-order chi connectivity index (χ0) is 18.3. The molecule has 24 heavy (non-hydrogen) atoms. The van der Waals surface area contributed by atoms with Crippen molar-refractivity contribution in [3.63, 3.8) is 0 Å². The molecule has 0 bridgehead atoms. The van der Waals surface area contributed by atoms with Gasteiger partial charge < -0.3 is 18.9 Å². The zero-order valence-electron chi connectivity index (χ0n) is 14.4. The minimum Gasteiger partial charge on any atom is -0.391 e. The van der Waals surface area contributed by atoms with Gasteiger partial charge in [-0.15, -0.1) is 0 Å². The van der Waals surface area contributed by atoms with Crippen molar-refractivity contribution >= 4 is 7.60 Å². The lowest BCUT2D eigenvalue weighted by atomic mass is 10.2. The summed E-state index contributed by atoms with van der Waals surface area (Å²) in [6.07, 6.45) is -0.624. The third-order valence-corrected chi connectivity index (χ3v) is 5.32.